The van der Waals surface area contributed by atoms with Crippen LogP contribution in [-0.4, -0.2) is 0 Å². The first-order valence-corrected chi connectivity index (χ1v) is 10.2. The molecule has 140 valence electrons. The molecule has 0 bridgehead atoms. The van der Waals surface area contributed by atoms with E-state index in [-0.39, 0.29) is 11.4 Å². The van der Waals surface area contributed by atoms with Crippen LogP contribution in [0, 0.1) is 34.9 Å². The zero-order valence-corrected chi connectivity index (χ0v) is 15.5. The third-order valence-electron chi connectivity index (χ3n) is 6.75. The average molecular weight is 357 g/mol. The van der Waals surface area contributed by atoms with Crippen LogP contribution < -0.4 is 0 Å². The Morgan fingerprint density at radius 2 is 1.65 bits per heavy atom. The molecule has 2 fully saturated rings. The first-order valence-electron chi connectivity index (χ1n) is 10.2. The van der Waals surface area contributed by atoms with Crippen LogP contribution >= 0.6 is 0 Å². The highest BCUT2D eigenvalue weighted by molar-refractivity contribution is 5.34. The maximum atomic E-state index is 13.9. The summed E-state index contributed by atoms with van der Waals surface area (Å²) in [6, 6.07) is 7.02. The van der Waals surface area contributed by atoms with Crippen molar-refractivity contribution in [3.8, 4) is 6.07 Å². The smallest absolute Gasteiger partial charge is 0.141 e. The van der Waals surface area contributed by atoms with Gasteiger partial charge in [0.25, 0.3) is 0 Å². The Morgan fingerprint density at radius 1 is 1.00 bits per heavy atom. The Bertz CT molecular complexity index is 645. The summed E-state index contributed by atoms with van der Waals surface area (Å²) < 4.78 is 25.9. The van der Waals surface area contributed by atoms with Gasteiger partial charge in [-0.3, -0.25) is 0 Å². The van der Waals surface area contributed by atoms with Gasteiger partial charge in [0.15, 0.2) is 0 Å². The standard InChI is InChI=1S/C23H29F2N/c24-14-2-1-3-17-4-6-18(7-5-17)19-8-10-20(11-9-19)21-12-13-22(16-26)23(25)15-21/h2,12-15,17-20H,1,3-11H2/b14-2+. The van der Waals surface area contributed by atoms with Crippen LogP contribution in [0.2, 0.25) is 0 Å². The lowest BCUT2D eigenvalue weighted by molar-refractivity contribution is 0.157. The minimum atomic E-state index is -0.381. The number of benzene rings is 1. The Hall–Kier alpha value is -1.69. The maximum absolute atomic E-state index is 13.9. The minimum Gasteiger partial charge on any atom is -0.216 e. The molecule has 0 unspecified atom stereocenters. The lowest BCUT2D eigenvalue weighted by Gasteiger charge is -2.38. The summed E-state index contributed by atoms with van der Waals surface area (Å²) in [5, 5.41) is 8.87. The van der Waals surface area contributed by atoms with Gasteiger partial charge in [-0.25, -0.2) is 8.78 Å². The fourth-order valence-corrected chi connectivity index (χ4v) is 5.14. The van der Waals surface area contributed by atoms with Crippen LogP contribution in [0.15, 0.2) is 30.6 Å². The number of allylic oxidation sites excluding steroid dienone is 1. The summed E-state index contributed by atoms with van der Waals surface area (Å²) in [7, 11) is 0. The van der Waals surface area contributed by atoms with Crippen LogP contribution in [-0.2, 0) is 0 Å². The number of hydrogen-bond acceptors (Lipinski definition) is 1. The molecule has 0 heterocycles. The normalized spacial score (nSPS) is 29.6. The summed E-state index contributed by atoms with van der Waals surface area (Å²) in [6.07, 6.45) is 14.3. The Labute approximate surface area is 156 Å². The molecule has 0 atom stereocenters. The zero-order chi connectivity index (χ0) is 18.4. The molecule has 2 aliphatic rings. The molecule has 0 saturated heterocycles. The number of halogens is 2. The molecule has 0 N–H and O–H groups in total. The third kappa shape index (κ3) is 4.72. The summed E-state index contributed by atoms with van der Waals surface area (Å²) in [5.74, 6) is 2.51. The van der Waals surface area contributed by atoms with E-state index in [0.29, 0.717) is 12.2 Å². The Morgan fingerprint density at radius 3 is 2.23 bits per heavy atom. The number of nitriles is 1. The predicted molar refractivity (Wildman–Crippen MR) is 101 cm³/mol. The fraction of sp³-hybridized carbons (Fsp3) is 0.609. The first kappa shape index (κ1) is 19.1. The number of hydrogen-bond donors (Lipinski definition) is 0. The van der Waals surface area contributed by atoms with Crippen molar-refractivity contribution in [2.45, 2.75) is 70.1 Å². The van der Waals surface area contributed by atoms with Crippen molar-refractivity contribution >= 4 is 0 Å². The lowest BCUT2D eigenvalue weighted by atomic mass is 9.68. The van der Waals surface area contributed by atoms with E-state index in [4.69, 9.17) is 5.26 Å². The van der Waals surface area contributed by atoms with Crippen molar-refractivity contribution in [3.63, 3.8) is 0 Å². The van der Waals surface area contributed by atoms with E-state index in [1.807, 2.05) is 12.1 Å². The molecule has 0 aromatic heterocycles. The van der Waals surface area contributed by atoms with Crippen molar-refractivity contribution in [2.75, 3.05) is 0 Å². The summed E-state index contributed by atoms with van der Waals surface area (Å²) >= 11 is 0. The molecular formula is C23H29F2N. The van der Waals surface area contributed by atoms with Gasteiger partial charge < -0.3 is 0 Å². The van der Waals surface area contributed by atoms with Gasteiger partial charge in [-0.05, 0) is 92.7 Å². The fourth-order valence-electron chi connectivity index (χ4n) is 5.14. The quantitative estimate of drug-likeness (QED) is 0.554. The van der Waals surface area contributed by atoms with Crippen LogP contribution in [0.4, 0.5) is 8.78 Å². The van der Waals surface area contributed by atoms with E-state index in [9.17, 15) is 8.78 Å². The largest absolute Gasteiger partial charge is 0.216 e. The van der Waals surface area contributed by atoms with Gasteiger partial charge in [-0.2, -0.15) is 5.26 Å². The summed E-state index contributed by atoms with van der Waals surface area (Å²) in [6.45, 7) is 0. The second-order valence-electron chi connectivity index (χ2n) is 8.18. The monoisotopic (exact) mass is 357 g/mol. The van der Waals surface area contributed by atoms with Gasteiger partial charge in [0.05, 0.1) is 11.9 Å². The first-order chi connectivity index (χ1) is 12.7. The molecule has 2 saturated carbocycles. The van der Waals surface area contributed by atoms with Crippen LogP contribution in [0.5, 0.6) is 0 Å². The SMILES string of the molecule is N#Cc1ccc(C2CCC(C3CCC(CC/C=C/F)CC3)CC2)cc1F. The molecule has 26 heavy (non-hydrogen) atoms. The van der Waals surface area contributed by atoms with Crippen LogP contribution in [0.3, 0.4) is 0 Å². The van der Waals surface area contributed by atoms with Gasteiger partial charge in [0.1, 0.15) is 11.9 Å². The van der Waals surface area contributed by atoms with E-state index in [2.05, 4.69) is 0 Å². The van der Waals surface area contributed by atoms with Gasteiger partial charge >= 0.3 is 0 Å². The highest BCUT2D eigenvalue weighted by Crippen LogP contribution is 2.44. The lowest BCUT2D eigenvalue weighted by Crippen LogP contribution is -2.25. The van der Waals surface area contributed by atoms with Gasteiger partial charge in [-0.15, -0.1) is 0 Å². The molecule has 3 heteroatoms. The Kier molecular flexibility index (Phi) is 6.83. The third-order valence-corrected chi connectivity index (χ3v) is 6.75. The molecule has 0 radical (unpaired) electrons. The molecule has 1 aromatic rings. The van der Waals surface area contributed by atoms with Crippen molar-refractivity contribution < 1.29 is 8.78 Å². The van der Waals surface area contributed by atoms with E-state index in [1.54, 1.807) is 18.2 Å². The zero-order valence-electron chi connectivity index (χ0n) is 15.5. The van der Waals surface area contributed by atoms with Crippen molar-refractivity contribution in [3.05, 3.63) is 47.5 Å². The molecule has 1 nitrogen and oxygen atoms in total. The topological polar surface area (TPSA) is 23.8 Å². The molecule has 3 rings (SSSR count). The van der Waals surface area contributed by atoms with E-state index < -0.39 is 0 Å². The predicted octanol–water partition coefficient (Wildman–Crippen LogP) is 7.04. The molecule has 1 aromatic carbocycles. The van der Waals surface area contributed by atoms with Crippen molar-refractivity contribution in [1.82, 2.24) is 0 Å². The molecular weight excluding hydrogens is 328 g/mol. The van der Waals surface area contributed by atoms with E-state index >= 15 is 0 Å². The molecule has 0 aliphatic heterocycles. The van der Waals surface area contributed by atoms with Crippen LogP contribution in [0.1, 0.15) is 81.3 Å². The molecule has 2 aliphatic carbocycles. The van der Waals surface area contributed by atoms with E-state index in [0.717, 1.165) is 49.0 Å². The van der Waals surface area contributed by atoms with E-state index in [1.165, 1.54) is 38.5 Å². The van der Waals surface area contributed by atoms with Gasteiger partial charge in [0.2, 0.25) is 0 Å². The minimum absolute atomic E-state index is 0.140. The average Bonchev–Trinajstić information content (AvgIpc) is 2.69. The second-order valence-corrected chi connectivity index (χ2v) is 8.18. The van der Waals surface area contributed by atoms with Crippen LogP contribution in [0.25, 0.3) is 0 Å². The van der Waals surface area contributed by atoms with Crippen molar-refractivity contribution in [1.29, 1.82) is 5.26 Å². The van der Waals surface area contributed by atoms with Gasteiger partial charge in [0, 0.05) is 0 Å². The maximum Gasteiger partial charge on any atom is 0.141 e. The number of rotatable bonds is 5. The summed E-state index contributed by atoms with van der Waals surface area (Å²) in [5.41, 5.74) is 1.20. The molecule has 0 amide bonds. The molecule has 0 spiro atoms. The van der Waals surface area contributed by atoms with Gasteiger partial charge in [-0.1, -0.05) is 25.0 Å². The second kappa shape index (κ2) is 9.31. The number of nitrogens with zero attached hydrogens (tertiary/aromatic N) is 1. The highest BCUT2D eigenvalue weighted by Gasteiger charge is 2.31. The Balaban J connectivity index is 1.46. The van der Waals surface area contributed by atoms with Crippen molar-refractivity contribution in [2.24, 2.45) is 17.8 Å². The summed E-state index contributed by atoms with van der Waals surface area (Å²) in [4.78, 5) is 0. The highest BCUT2D eigenvalue weighted by atomic mass is 19.1.